The van der Waals surface area contributed by atoms with E-state index in [1.807, 2.05) is 18.2 Å². The highest BCUT2D eigenvalue weighted by Gasteiger charge is 1.96. The molecule has 12 heavy (non-hydrogen) atoms. The van der Waals surface area contributed by atoms with E-state index < -0.39 is 0 Å². The van der Waals surface area contributed by atoms with Crippen LogP contribution in [-0.4, -0.2) is 10.9 Å². The van der Waals surface area contributed by atoms with Gasteiger partial charge in [0, 0.05) is 18.3 Å². The third kappa shape index (κ3) is 6.74. The van der Waals surface area contributed by atoms with Crippen molar-refractivity contribution in [2.24, 2.45) is 11.7 Å². The summed E-state index contributed by atoms with van der Waals surface area (Å²) in [6.07, 6.45) is 3.50. The highest BCUT2D eigenvalue weighted by Crippen LogP contribution is 1.84. The Morgan fingerprint density at radius 2 is 1.67 bits per heavy atom. The van der Waals surface area contributed by atoms with E-state index in [-0.39, 0.29) is 11.8 Å². The van der Waals surface area contributed by atoms with Crippen molar-refractivity contribution in [1.82, 2.24) is 4.98 Å². The molecule has 0 aliphatic heterocycles. The van der Waals surface area contributed by atoms with Crippen LogP contribution in [0.3, 0.4) is 0 Å². The smallest absolute Gasteiger partial charge is 0.219 e. The first-order valence-corrected chi connectivity index (χ1v) is 3.79. The van der Waals surface area contributed by atoms with Gasteiger partial charge in [0.15, 0.2) is 0 Å². The van der Waals surface area contributed by atoms with Gasteiger partial charge in [-0.1, -0.05) is 19.9 Å². The highest BCUT2D eigenvalue weighted by molar-refractivity contribution is 5.75. The monoisotopic (exact) mass is 166 g/mol. The molecule has 3 heteroatoms. The maximum atomic E-state index is 9.92. The minimum atomic E-state index is -0.241. The van der Waals surface area contributed by atoms with Gasteiger partial charge in [-0.15, -0.1) is 0 Å². The molecule has 1 aromatic heterocycles. The van der Waals surface area contributed by atoms with Gasteiger partial charge in [-0.25, -0.2) is 0 Å². The fraction of sp³-hybridized carbons (Fsp3) is 0.333. The number of hydrogen-bond donors (Lipinski definition) is 1. The average molecular weight is 166 g/mol. The van der Waals surface area contributed by atoms with Crippen molar-refractivity contribution in [2.75, 3.05) is 0 Å². The van der Waals surface area contributed by atoms with Crippen molar-refractivity contribution in [1.29, 1.82) is 0 Å². The predicted molar refractivity (Wildman–Crippen MR) is 48.3 cm³/mol. The molecular weight excluding hydrogens is 152 g/mol. The maximum absolute atomic E-state index is 9.92. The lowest BCUT2D eigenvalue weighted by Crippen LogP contribution is -2.17. The van der Waals surface area contributed by atoms with Crippen LogP contribution in [0.2, 0.25) is 0 Å². The molecule has 0 aliphatic carbocycles. The summed E-state index contributed by atoms with van der Waals surface area (Å²) in [5, 5.41) is 0. The largest absolute Gasteiger partial charge is 0.369 e. The van der Waals surface area contributed by atoms with Gasteiger partial charge in [0.25, 0.3) is 0 Å². The zero-order valence-corrected chi connectivity index (χ0v) is 7.40. The van der Waals surface area contributed by atoms with Crippen LogP contribution in [0, 0.1) is 5.92 Å². The van der Waals surface area contributed by atoms with Gasteiger partial charge in [-0.05, 0) is 12.1 Å². The molecule has 0 atom stereocenters. The fourth-order valence-corrected chi connectivity index (χ4v) is 0.313. The Morgan fingerprint density at radius 3 is 1.75 bits per heavy atom. The summed E-state index contributed by atoms with van der Waals surface area (Å²) in [5.74, 6) is -0.250. The second-order valence-corrected chi connectivity index (χ2v) is 2.58. The van der Waals surface area contributed by atoms with Crippen LogP contribution in [0.15, 0.2) is 30.6 Å². The molecule has 0 saturated carbocycles. The molecule has 1 rings (SSSR count). The molecule has 1 aromatic rings. The molecule has 0 saturated heterocycles. The molecule has 1 heterocycles. The molecule has 0 spiro atoms. The third-order valence-electron chi connectivity index (χ3n) is 1.14. The number of rotatable bonds is 1. The minimum absolute atomic E-state index is 0.00926. The van der Waals surface area contributed by atoms with E-state index in [4.69, 9.17) is 5.73 Å². The van der Waals surface area contributed by atoms with E-state index in [0.717, 1.165) is 0 Å². The molecule has 66 valence electrons. The number of carbonyl (C=O) groups is 1. The summed E-state index contributed by atoms with van der Waals surface area (Å²) < 4.78 is 0. The van der Waals surface area contributed by atoms with Crippen molar-refractivity contribution in [3.8, 4) is 0 Å². The zero-order valence-electron chi connectivity index (χ0n) is 7.40. The number of nitrogens with zero attached hydrogens (tertiary/aromatic N) is 1. The van der Waals surface area contributed by atoms with E-state index in [1.165, 1.54) is 0 Å². The Morgan fingerprint density at radius 1 is 1.25 bits per heavy atom. The number of pyridine rings is 1. The first-order chi connectivity index (χ1) is 5.64. The normalized spacial score (nSPS) is 8.58. The van der Waals surface area contributed by atoms with Crippen molar-refractivity contribution in [2.45, 2.75) is 13.8 Å². The fourth-order valence-electron chi connectivity index (χ4n) is 0.313. The van der Waals surface area contributed by atoms with Crippen molar-refractivity contribution >= 4 is 5.91 Å². The summed E-state index contributed by atoms with van der Waals surface area (Å²) in [6, 6.07) is 5.72. The Bertz CT molecular complexity index is 182. The predicted octanol–water partition coefficient (Wildman–Crippen LogP) is 1.21. The average Bonchev–Trinajstić information content (AvgIpc) is 2.08. The first kappa shape index (κ1) is 10.6. The Kier molecular flexibility index (Phi) is 5.61. The Hall–Kier alpha value is -1.38. The lowest BCUT2D eigenvalue weighted by molar-refractivity contribution is -0.120. The van der Waals surface area contributed by atoms with Crippen LogP contribution >= 0.6 is 0 Å². The van der Waals surface area contributed by atoms with Crippen LogP contribution in [0.4, 0.5) is 0 Å². The maximum Gasteiger partial charge on any atom is 0.219 e. The van der Waals surface area contributed by atoms with Crippen LogP contribution in [0.1, 0.15) is 13.8 Å². The van der Waals surface area contributed by atoms with E-state index in [1.54, 1.807) is 26.2 Å². The number of amides is 1. The summed E-state index contributed by atoms with van der Waals surface area (Å²) in [7, 11) is 0. The van der Waals surface area contributed by atoms with Crippen molar-refractivity contribution in [3.63, 3.8) is 0 Å². The number of nitrogens with two attached hydrogens (primary N) is 1. The van der Waals surface area contributed by atoms with Gasteiger partial charge in [0.1, 0.15) is 0 Å². The number of hydrogen-bond acceptors (Lipinski definition) is 2. The van der Waals surface area contributed by atoms with E-state index in [2.05, 4.69) is 4.98 Å². The van der Waals surface area contributed by atoms with E-state index >= 15 is 0 Å². The third-order valence-corrected chi connectivity index (χ3v) is 1.14. The lowest BCUT2D eigenvalue weighted by atomic mass is 10.2. The van der Waals surface area contributed by atoms with Gasteiger partial charge in [0.2, 0.25) is 5.91 Å². The number of carbonyl (C=O) groups excluding carboxylic acids is 1. The van der Waals surface area contributed by atoms with Gasteiger partial charge >= 0.3 is 0 Å². The Labute approximate surface area is 72.6 Å². The molecule has 3 nitrogen and oxygen atoms in total. The van der Waals surface area contributed by atoms with E-state index in [0.29, 0.717) is 0 Å². The summed E-state index contributed by atoms with van der Waals surface area (Å²) in [5.41, 5.74) is 4.80. The highest BCUT2D eigenvalue weighted by atomic mass is 16.1. The summed E-state index contributed by atoms with van der Waals surface area (Å²) in [4.78, 5) is 13.7. The van der Waals surface area contributed by atoms with Crippen molar-refractivity contribution in [3.05, 3.63) is 30.6 Å². The van der Waals surface area contributed by atoms with Crippen molar-refractivity contribution < 1.29 is 4.79 Å². The van der Waals surface area contributed by atoms with E-state index in [9.17, 15) is 4.79 Å². The molecule has 0 fully saturated rings. The quantitative estimate of drug-likeness (QED) is 0.681. The lowest BCUT2D eigenvalue weighted by Gasteiger charge is -1.90. The van der Waals surface area contributed by atoms with Crippen LogP contribution in [0.5, 0.6) is 0 Å². The number of primary amides is 1. The molecule has 0 radical (unpaired) electrons. The molecule has 2 N–H and O–H groups in total. The molecular formula is C9H14N2O. The summed E-state index contributed by atoms with van der Waals surface area (Å²) in [6.45, 7) is 3.53. The second kappa shape index (κ2) is 6.34. The van der Waals surface area contributed by atoms with Gasteiger partial charge in [-0.2, -0.15) is 0 Å². The minimum Gasteiger partial charge on any atom is -0.369 e. The summed E-state index contributed by atoms with van der Waals surface area (Å²) >= 11 is 0. The SMILES string of the molecule is CC(C)C(N)=O.c1ccncc1. The molecule has 0 unspecified atom stereocenters. The zero-order chi connectivity index (χ0) is 9.40. The van der Waals surface area contributed by atoms with Crippen LogP contribution < -0.4 is 5.73 Å². The molecule has 0 aromatic carbocycles. The molecule has 0 bridgehead atoms. The van der Waals surface area contributed by atoms with Crippen LogP contribution in [-0.2, 0) is 4.79 Å². The van der Waals surface area contributed by atoms with Crippen LogP contribution in [0.25, 0.3) is 0 Å². The first-order valence-electron chi connectivity index (χ1n) is 3.79. The van der Waals surface area contributed by atoms with Gasteiger partial charge < -0.3 is 5.73 Å². The standard InChI is InChI=1S/C5H5N.C4H9NO/c1-2-4-6-5-3-1;1-3(2)4(5)6/h1-5H;3H,1-2H3,(H2,5,6). The molecule has 0 aliphatic rings. The molecule has 1 amide bonds. The Balaban J connectivity index is 0.000000202. The topological polar surface area (TPSA) is 56.0 Å². The van der Waals surface area contributed by atoms with Gasteiger partial charge in [0.05, 0.1) is 0 Å². The second-order valence-electron chi connectivity index (χ2n) is 2.58. The number of aromatic nitrogens is 1. The van der Waals surface area contributed by atoms with Gasteiger partial charge in [-0.3, -0.25) is 9.78 Å².